The third-order valence-corrected chi connectivity index (χ3v) is 3.66. The van der Waals surface area contributed by atoms with E-state index in [1.54, 1.807) is 36.0 Å². The molecule has 0 unspecified atom stereocenters. The Balaban J connectivity index is 2.40. The lowest BCUT2D eigenvalue weighted by Crippen LogP contribution is -2.41. The number of nitrogens with zero attached hydrogens (tertiary/aromatic N) is 2. The van der Waals surface area contributed by atoms with Crippen LogP contribution in [0.2, 0.25) is 0 Å². The Kier molecular flexibility index (Phi) is 3.68. The summed E-state index contributed by atoms with van der Waals surface area (Å²) in [5.74, 6) is 1.57. The van der Waals surface area contributed by atoms with Crippen molar-refractivity contribution in [2.45, 2.75) is 19.1 Å². The number of rotatable bonds is 4. The minimum atomic E-state index is 0.409. The maximum Gasteiger partial charge on any atom is 0.290 e. The highest BCUT2D eigenvalue weighted by molar-refractivity contribution is 7.98. The van der Waals surface area contributed by atoms with Crippen molar-refractivity contribution >= 4 is 22.8 Å². The highest BCUT2D eigenvalue weighted by Gasteiger charge is 2.18. The largest absolute Gasteiger partial charge is 0.618 e. The molecule has 0 saturated heterocycles. The van der Waals surface area contributed by atoms with Crippen LogP contribution in [-0.2, 0) is 5.75 Å². The first-order valence-electron chi connectivity index (χ1n) is 5.55. The number of fused-ring (bicyclic) bond motifs is 1. The first-order valence-corrected chi connectivity index (χ1v) is 6.70. The van der Waals surface area contributed by atoms with Crippen molar-refractivity contribution in [1.82, 2.24) is 0 Å². The summed E-state index contributed by atoms with van der Waals surface area (Å²) in [6.07, 6.45) is 2.44. The maximum atomic E-state index is 12.0. The highest BCUT2D eigenvalue weighted by Crippen LogP contribution is 2.11. The van der Waals surface area contributed by atoms with Crippen molar-refractivity contribution in [2.75, 3.05) is 5.75 Å². The van der Waals surface area contributed by atoms with Gasteiger partial charge in [0, 0.05) is 12.1 Å². The molecule has 0 aliphatic rings. The highest BCUT2D eigenvalue weighted by atomic mass is 32.2. The van der Waals surface area contributed by atoms with E-state index in [-0.39, 0.29) is 0 Å². The van der Waals surface area contributed by atoms with E-state index in [0.29, 0.717) is 22.5 Å². The first-order chi connectivity index (χ1) is 8.24. The van der Waals surface area contributed by atoms with E-state index in [1.807, 2.05) is 0 Å². The average molecular weight is 250 g/mol. The molecule has 2 rings (SSSR count). The second-order valence-electron chi connectivity index (χ2n) is 3.78. The molecule has 1 heterocycles. The van der Waals surface area contributed by atoms with Crippen molar-refractivity contribution in [1.29, 1.82) is 0 Å². The molecule has 0 atom stereocenters. The van der Waals surface area contributed by atoms with E-state index in [2.05, 4.69) is 6.92 Å². The van der Waals surface area contributed by atoms with Gasteiger partial charge in [-0.15, -0.1) is 0 Å². The van der Waals surface area contributed by atoms with Gasteiger partial charge >= 0.3 is 0 Å². The number of hydrogen-bond acceptors (Lipinski definition) is 3. The van der Waals surface area contributed by atoms with Gasteiger partial charge in [-0.2, -0.15) is 21.2 Å². The zero-order valence-corrected chi connectivity index (χ0v) is 10.4. The monoisotopic (exact) mass is 250 g/mol. The van der Waals surface area contributed by atoms with E-state index in [9.17, 15) is 10.4 Å². The lowest BCUT2D eigenvalue weighted by molar-refractivity contribution is -0.634. The molecule has 2 aromatic rings. The molecule has 90 valence electrons. The number of benzene rings is 1. The second kappa shape index (κ2) is 5.23. The molecule has 0 bridgehead atoms. The van der Waals surface area contributed by atoms with Gasteiger partial charge in [0.15, 0.2) is 0 Å². The zero-order chi connectivity index (χ0) is 12.3. The Morgan fingerprint density at radius 1 is 1.18 bits per heavy atom. The Hall–Kier alpha value is -1.49. The molecule has 5 heteroatoms. The van der Waals surface area contributed by atoms with Crippen LogP contribution in [0.5, 0.6) is 0 Å². The number of para-hydroxylation sites is 2. The summed E-state index contributed by atoms with van der Waals surface area (Å²) in [5.41, 5.74) is 1.35. The van der Waals surface area contributed by atoms with Gasteiger partial charge in [-0.25, -0.2) is 0 Å². The maximum absolute atomic E-state index is 12.0. The smallest absolute Gasteiger partial charge is 0.290 e. The molecule has 0 radical (unpaired) electrons. The summed E-state index contributed by atoms with van der Waals surface area (Å²) in [6.45, 7) is 2.09. The van der Waals surface area contributed by atoms with E-state index in [0.717, 1.165) is 21.6 Å². The molecule has 0 amide bonds. The van der Waals surface area contributed by atoms with Crippen LogP contribution in [0.3, 0.4) is 0 Å². The molecule has 17 heavy (non-hydrogen) atoms. The number of aromatic nitrogens is 2. The Bertz CT molecular complexity index is 531. The predicted molar refractivity (Wildman–Crippen MR) is 68.3 cm³/mol. The second-order valence-corrected chi connectivity index (χ2v) is 4.89. The van der Waals surface area contributed by atoms with Gasteiger partial charge < -0.3 is 10.4 Å². The molecule has 0 N–H and O–H groups in total. The Morgan fingerprint density at radius 2 is 1.88 bits per heavy atom. The van der Waals surface area contributed by atoms with Gasteiger partial charge in [0.2, 0.25) is 0 Å². The lowest BCUT2D eigenvalue weighted by atomic mass is 10.3. The van der Waals surface area contributed by atoms with Crippen molar-refractivity contribution in [3.8, 4) is 0 Å². The summed E-state index contributed by atoms with van der Waals surface area (Å²) >= 11 is 1.66. The molecule has 0 fully saturated rings. The van der Waals surface area contributed by atoms with Gasteiger partial charge in [-0.3, -0.25) is 0 Å². The third-order valence-electron chi connectivity index (χ3n) is 2.46. The molecule has 1 aromatic carbocycles. The first kappa shape index (κ1) is 12.0. The van der Waals surface area contributed by atoms with Crippen LogP contribution in [0.25, 0.3) is 11.0 Å². The van der Waals surface area contributed by atoms with E-state index >= 15 is 0 Å². The topological polar surface area (TPSA) is 53.9 Å². The van der Waals surface area contributed by atoms with Gasteiger partial charge in [0.1, 0.15) is 0 Å². The fourth-order valence-corrected chi connectivity index (χ4v) is 2.49. The van der Waals surface area contributed by atoms with Gasteiger partial charge in [0.05, 0.1) is 5.75 Å². The van der Waals surface area contributed by atoms with Crippen LogP contribution in [-0.4, -0.2) is 5.75 Å². The molecule has 0 spiro atoms. The van der Waals surface area contributed by atoms with Crippen molar-refractivity contribution in [3.05, 3.63) is 46.6 Å². The summed E-state index contributed by atoms with van der Waals surface area (Å²) in [7, 11) is 0. The molecule has 0 aliphatic heterocycles. The predicted octanol–water partition coefficient (Wildman–Crippen LogP) is 1.75. The summed E-state index contributed by atoms with van der Waals surface area (Å²) < 4.78 is 1.62. The molecular formula is C12H14N2O2S. The average Bonchev–Trinajstić information content (AvgIpc) is 2.36. The SMILES string of the molecule is CCCSCc1c[n+]([O-])c2ccccc2[n+]1[O-]. The van der Waals surface area contributed by atoms with Crippen LogP contribution in [0.1, 0.15) is 19.0 Å². The van der Waals surface area contributed by atoms with Crippen molar-refractivity contribution in [3.63, 3.8) is 0 Å². The van der Waals surface area contributed by atoms with E-state index in [4.69, 9.17) is 0 Å². The van der Waals surface area contributed by atoms with Gasteiger partial charge in [0.25, 0.3) is 22.9 Å². The van der Waals surface area contributed by atoms with E-state index < -0.39 is 0 Å². The lowest BCUT2D eigenvalue weighted by Gasteiger charge is -2.07. The van der Waals surface area contributed by atoms with Crippen molar-refractivity contribution < 1.29 is 9.46 Å². The molecular weight excluding hydrogens is 236 g/mol. The third kappa shape index (κ3) is 2.44. The fourth-order valence-electron chi connectivity index (χ4n) is 1.65. The molecule has 0 saturated carbocycles. The quantitative estimate of drug-likeness (QED) is 0.472. The van der Waals surface area contributed by atoms with Crippen LogP contribution in [0, 0.1) is 10.4 Å². The molecule has 1 aromatic heterocycles. The van der Waals surface area contributed by atoms with Crippen LogP contribution < -0.4 is 9.46 Å². The minimum Gasteiger partial charge on any atom is -0.618 e. The van der Waals surface area contributed by atoms with Gasteiger partial charge in [-0.1, -0.05) is 19.1 Å². The van der Waals surface area contributed by atoms with Crippen LogP contribution in [0.15, 0.2) is 30.5 Å². The molecule has 0 aliphatic carbocycles. The van der Waals surface area contributed by atoms with Gasteiger partial charge in [-0.05, 0) is 12.2 Å². The Labute approximate surface area is 104 Å². The number of hydrogen-bond donors (Lipinski definition) is 0. The fraction of sp³-hybridized carbons (Fsp3) is 0.333. The normalized spacial score (nSPS) is 10.9. The minimum absolute atomic E-state index is 0.409. The van der Waals surface area contributed by atoms with E-state index in [1.165, 1.54) is 6.20 Å². The van der Waals surface area contributed by atoms with Crippen LogP contribution >= 0.6 is 11.8 Å². The summed E-state index contributed by atoms with van der Waals surface area (Å²) in [4.78, 5) is 0. The number of thioether (sulfide) groups is 1. The summed E-state index contributed by atoms with van der Waals surface area (Å²) in [5, 5.41) is 23.8. The summed E-state index contributed by atoms with van der Waals surface area (Å²) in [6, 6.07) is 6.84. The standard InChI is InChI=1S/C12H14N2O2S/c1-2-7-17-9-10-8-13(15)11-5-3-4-6-12(11)14(10)16/h3-6,8H,2,7,9H2,1H3. The molecule has 4 nitrogen and oxygen atoms in total. The Morgan fingerprint density at radius 3 is 2.59 bits per heavy atom. The van der Waals surface area contributed by atoms with Crippen molar-refractivity contribution in [2.24, 2.45) is 0 Å². The zero-order valence-electron chi connectivity index (χ0n) is 9.63. The van der Waals surface area contributed by atoms with Crippen LogP contribution in [0.4, 0.5) is 0 Å².